The minimum absolute atomic E-state index is 0.0301. The second-order valence-electron chi connectivity index (χ2n) is 10.1. The Labute approximate surface area is 233 Å². The number of nitrogens with zero attached hydrogens (tertiary/aromatic N) is 4. The third-order valence-electron chi connectivity index (χ3n) is 7.36. The summed E-state index contributed by atoms with van der Waals surface area (Å²) in [4.78, 5) is 39.3. The molecule has 9 nitrogen and oxygen atoms in total. The van der Waals surface area contributed by atoms with Crippen LogP contribution in [0.1, 0.15) is 21.5 Å². The molecule has 0 radical (unpaired) electrons. The standard InChI is InChI=1S/C31H34N6O3/c1-32-30(39)22-9-14-26-25(19-22)28(31(40)34-26)29(21-7-5-4-6-8-21)33-23-10-12-24(13-11-23)36(3)27(38)20-37-17-15-35(2)16-18-37/h4-14,19,34,40H,15-18,20H2,1-3H3,(H,32,39). The molecule has 2 heterocycles. The van der Waals surface area contributed by atoms with E-state index in [4.69, 9.17) is 4.99 Å². The molecular formula is C31H34N6O3. The number of H-pyrrole nitrogens is 1. The van der Waals surface area contributed by atoms with E-state index in [0.29, 0.717) is 40.0 Å². The van der Waals surface area contributed by atoms with Gasteiger partial charge in [-0.3, -0.25) is 14.5 Å². The molecule has 3 N–H and O–H groups in total. The molecule has 1 saturated heterocycles. The molecule has 1 fully saturated rings. The lowest BCUT2D eigenvalue weighted by Crippen LogP contribution is -2.48. The molecule has 0 atom stereocenters. The van der Waals surface area contributed by atoms with Crippen molar-refractivity contribution >= 4 is 39.8 Å². The summed E-state index contributed by atoms with van der Waals surface area (Å²) >= 11 is 0. The lowest BCUT2D eigenvalue weighted by molar-refractivity contribution is -0.119. The molecule has 0 spiro atoms. The number of aromatic nitrogens is 1. The number of anilines is 1. The van der Waals surface area contributed by atoms with Crippen LogP contribution in [0.3, 0.4) is 0 Å². The van der Waals surface area contributed by atoms with E-state index in [2.05, 4.69) is 27.1 Å². The molecule has 0 unspecified atom stereocenters. The van der Waals surface area contributed by atoms with Gasteiger partial charge in [-0.25, -0.2) is 4.99 Å². The monoisotopic (exact) mass is 538 g/mol. The van der Waals surface area contributed by atoms with Crippen molar-refractivity contribution < 1.29 is 14.7 Å². The van der Waals surface area contributed by atoms with E-state index in [1.54, 1.807) is 37.2 Å². The van der Waals surface area contributed by atoms with Gasteiger partial charge in [-0.05, 0) is 49.5 Å². The van der Waals surface area contributed by atoms with Crippen LogP contribution in [-0.2, 0) is 4.79 Å². The van der Waals surface area contributed by atoms with Crippen LogP contribution in [0.4, 0.5) is 11.4 Å². The Morgan fingerprint density at radius 3 is 2.35 bits per heavy atom. The second kappa shape index (κ2) is 11.7. The number of nitrogens with one attached hydrogen (secondary N) is 2. The van der Waals surface area contributed by atoms with E-state index >= 15 is 0 Å². The quantitative estimate of drug-likeness (QED) is 0.312. The Morgan fingerprint density at radius 2 is 1.68 bits per heavy atom. The summed E-state index contributed by atoms with van der Waals surface area (Å²) in [6, 6.07) is 22.3. The molecule has 4 aromatic rings. The van der Waals surface area contributed by atoms with Crippen LogP contribution in [0, 0.1) is 0 Å². The summed E-state index contributed by atoms with van der Waals surface area (Å²) in [7, 11) is 5.47. The molecule has 1 aliphatic rings. The lowest BCUT2D eigenvalue weighted by Gasteiger charge is -2.32. The maximum absolute atomic E-state index is 12.9. The number of aliphatic imine (C=N–C) groups is 1. The second-order valence-corrected chi connectivity index (χ2v) is 10.1. The van der Waals surface area contributed by atoms with Gasteiger partial charge in [0.2, 0.25) is 5.91 Å². The summed E-state index contributed by atoms with van der Waals surface area (Å²) in [6.45, 7) is 4.09. The zero-order valence-electron chi connectivity index (χ0n) is 23.0. The molecule has 0 saturated carbocycles. The number of carbonyl (C=O) groups is 2. The van der Waals surface area contributed by atoms with Gasteiger partial charge in [0.25, 0.3) is 5.91 Å². The number of likely N-dealkylation sites (N-methyl/N-ethyl adjacent to an activating group) is 2. The van der Waals surface area contributed by atoms with Crippen LogP contribution in [0.5, 0.6) is 5.88 Å². The summed E-state index contributed by atoms with van der Waals surface area (Å²) in [5.74, 6) is -0.201. The number of rotatable bonds is 7. The zero-order valence-corrected chi connectivity index (χ0v) is 23.0. The van der Waals surface area contributed by atoms with Gasteiger partial charge in [-0.2, -0.15) is 0 Å². The Bertz CT molecular complexity index is 1540. The van der Waals surface area contributed by atoms with Crippen LogP contribution in [0.2, 0.25) is 0 Å². The Balaban J connectivity index is 1.46. The van der Waals surface area contributed by atoms with Crippen molar-refractivity contribution in [2.75, 3.05) is 58.8 Å². The predicted octanol–water partition coefficient (Wildman–Crippen LogP) is 3.61. The summed E-state index contributed by atoms with van der Waals surface area (Å²) in [6.07, 6.45) is 0. The highest BCUT2D eigenvalue weighted by molar-refractivity contribution is 6.22. The van der Waals surface area contributed by atoms with Crippen LogP contribution in [0.25, 0.3) is 10.9 Å². The van der Waals surface area contributed by atoms with Gasteiger partial charge in [0, 0.05) is 68.0 Å². The van der Waals surface area contributed by atoms with Crippen molar-refractivity contribution in [1.82, 2.24) is 20.1 Å². The highest BCUT2D eigenvalue weighted by Crippen LogP contribution is 2.32. The third-order valence-corrected chi connectivity index (χ3v) is 7.36. The SMILES string of the molecule is CNC(=O)c1ccc2[nH]c(O)c(C(=Nc3ccc(N(C)C(=O)CN4CCN(C)CC4)cc3)c3ccccc3)c2c1. The average molecular weight is 539 g/mol. The summed E-state index contributed by atoms with van der Waals surface area (Å²) in [5, 5.41) is 14.3. The molecule has 2 amide bonds. The lowest BCUT2D eigenvalue weighted by atomic mass is 9.99. The fourth-order valence-electron chi connectivity index (χ4n) is 4.89. The minimum atomic E-state index is -0.214. The van der Waals surface area contributed by atoms with Crippen LogP contribution in [-0.4, -0.2) is 91.3 Å². The molecule has 9 heteroatoms. The van der Waals surface area contributed by atoms with E-state index in [1.165, 1.54) is 0 Å². The minimum Gasteiger partial charge on any atom is -0.494 e. The maximum Gasteiger partial charge on any atom is 0.251 e. The van der Waals surface area contributed by atoms with Gasteiger partial charge in [0.1, 0.15) is 0 Å². The number of benzene rings is 3. The first-order valence-electron chi connectivity index (χ1n) is 13.3. The van der Waals surface area contributed by atoms with Crippen molar-refractivity contribution in [2.45, 2.75) is 0 Å². The number of aromatic amines is 1. The molecule has 40 heavy (non-hydrogen) atoms. The van der Waals surface area contributed by atoms with E-state index < -0.39 is 0 Å². The molecule has 5 rings (SSSR count). The van der Waals surface area contributed by atoms with Gasteiger partial charge < -0.3 is 25.2 Å². The highest BCUT2D eigenvalue weighted by Gasteiger charge is 2.21. The first-order chi connectivity index (χ1) is 19.3. The van der Waals surface area contributed by atoms with Gasteiger partial charge in [-0.1, -0.05) is 30.3 Å². The molecule has 1 aliphatic heterocycles. The number of hydrogen-bond donors (Lipinski definition) is 3. The van der Waals surface area contributed by atoms with Crippen LogP contribution >= 0.6 is 0 Å². The highest BCUT2D eigenvalue weighted by atomic mass is 16.3. The van der Waals surface area contributed by atoms with Crippen molar-refractivity contribution in [3.05, 3.63) is 89.5 Å². The summed E-state index contributed by atoms with van der Waals surface area (Å²) < 4.78 is 0. The number of piperazine rings is 1. The van der Waals surface area contributed by atoms with Crippen molar-refractivity contribution in [3.63, 3.8) is 0 Å². The van der Waals surface area contributed by atoms with E-state index in [-0.39, 0.29) is 17.7 Å². The number of fused-ring (bicyclic) bond motifs is 1. The number of amides is 2. The van der Waals surface area contributed by atoms with Crippen molar-refractivity contribution in [2.24, 2.45) is 4.99 Å². The van der Waals surface area contributed by atoms with Gasteiger partial charge >= 0.3 is 0 Å². The smallest absolute Gasteiger partial charge is 0.251 e. The molecule has 0 bridgehead atoms. The Kier molecular flexibility index (Phi) is 7.95. The largest absolute Gasteiger partial charge is 0.494 e. The number of carbonyl (C=O) groups excluding carboxylic acids is 2. The van der Waals surface area contributed by atoms with Crippen molar-refractivity contribution in [1.29, 1.82) is 0 Å². The third kappa shape index (κ3) is 5.75. The molecule has 1 aromatic heterocycles. The first kappa shape index (κ1) is 27.1. The Morgan fingerprint density at radius 1 is 0.975 bits per heavy atom. The maximum atomic E-state index is 12.9. The fraction of sp³-hybridized carbons (Fsp3) is 0.258. The Hall–Kier alpha value is -4.47. The molecule has 206 valence electrons. The molecule has 0 aliphatic carbocycles. The number of aromatic hydroxyl groups is 1. The van der Waals surface area contributed by atoms with Crippen LogP contribution in [0.15, 0.2) is 77.8 Å². The van der Waals surface area contributed by atoms with Gasteiger partial charge in [-0.15, -0.1) is 0 Å². The van der Waals surface area contributed by atoms with Gasteiger partial charge in [0.15, 0.2) is 5.88 Å². The predicted molar refractivity (Wildman–Crippen MR) is 159 cm³/mol. The average Bonchev–Trinajstić information content (AvgIpc) is 3.31. The van der Waals surface area contributed by atoms with Crippen molar-refractivity contribution in [3.8, 4) is 5.88 Å². The number of hydrogen-bond acceptors (Lipinski definition) is 6. The first-order valence-corrected chi connectivity index (χ1v) is 13.3. The van der Waals surface area contributed by atoms with E-state index in [1.807, 2.05) is 54.6 Å². The zero-order chi connectivity index (χ0) is 28.2. The molecular weight excluding hydrogens is 504 g/mol. The van der Waals surface area contributed by atoms with E-state index in [0.717, 1.165) is 37.4 Å². The van der Waals surface area contributed by atoms with Crippen LogP contribution < -0.4 is 10.2 Å². The summed E-state index contributed by atoms with van der Waals surface area (Å²) in [5.41, 5.74) is 4.51. The van der Waals surface area contributed by atoms with E-state index in [9.17, 15) is 14.7 Å². The topological polar surface area (TPSA) is 104 Å². The molecule has 3 aromatic carbocycles. The van der Waals surface area contributed by atoms with Gasteiger partial charge in [0.05, 0.1) is 23.5 Å². The normalized spacial score (nSPS) is 14.8. The fourth-order valence-corrected chi connectivity index (χ4v) is 4.89.